The van der Waals surface area contributed by atoms with Crippen LogP contribution in [-0.2, 0) is 6.42 Å². The van der Waals surface area contributed by atoms with Gasteiger partial charge in [0.1, 0.15) is 0 Å². The molecule has 0 amide bonds. The molecule has 0 aromatic heterocycles. The van der Waals surface area contributed by atoms with Crippen LogP contribution in [0.4, 0.5) is 0 Å². The first-order valence-corrected chi connectivity index (χ1v) is 6.27. The third-order valence-electron chi connectivity index (χ3n) is 3.24. The molecule has 1 aromatic rings. The van der Waals surface area contributed by atoms with E-state index in [1.54, 1.807) is 0 Å². The number of benzene rings is 1. The first kappa shape index (κ1) is 11.9. The van der Waals surface area contributed by atoms with Crippen molar-refractivity contribution in [2.75, 3.05) is 13.1 Å². The lowest BCUT2D eigenvalue weighted by molar-refractivity contribution is 0.0922. The van der Waals surface area contributed by atoms with Gasteiger partial charge in [-0.15, -0.1) is 0 Å². The summed E-state index contributed by atoms with van der Waals surface area (Å²) in [4.78, 5) is 0. The number of hydrogen-bond donors (Lipinski definition) is 2. The topological polar surface area (TPSA) is 32.3 Å². The number of nitrogens with one attached hydrogen (secondary N) is 1. The van der Waals surface area contributed by atoms with Gasteiger partial charge in [0.15, 0.2) is 0 Å². The highest BCUT2D eigenvalue weighted by Gasteiger charge is 2.21. The average molecular weight is 240 g/mol. The van der Waals surface area contributed by atoms with Crippen LogP contribution < -0.4 is 5.32 Å². The molecule has 1 saturated heterocycles. The lowest BCUT2D eigenvalue weighted by atomic mass is 9.90. The number of aliphatic hydroxyl groups excluding tert-OH is 1. The van der Waals surface area contributed by atoms with Crippen LogP contribution in [-0.4, -0.2) is 24.3 Å². The Bertz CT molecular complexity index is 319. The molecule has 1 heterocycles. The van der Waals surface area contributed by atoms with E-state index in [9.17, 15) is 5.11 Å². The van der Waals surface area contributed by atoms with E-state index in [2.05, 4.69) is 5.32 Å². The Kier molecular flexibility index (Phi) is 4.22. The summed E-state index contributed by atoms with van der Waals surface area (Å²) in [5, 5.41) is 14.2. The minimum atomic E-state index is -0.242. The molecule has 0 radical (unpaired) electrons. The van der Waals surface area contributed by atoms with Crippen molar-refractivity contribution in [2.24, 2.45) is 5.92 Å². The van der Waals surface area contributed by atoms with Gasteiger partial charge >= 0.3 is 0 Å². The molecule has 2 N–H and O–H groups in total. The third kappa shape index (κ3) is 3.21. The largest absolute Gasteiger partial charge is 0.392 e. The zero-order valence-electron chi connectivity index (χ0n) is 9.32. The second-order valence-corrected chi connectivity index (χ2v) is 4.94. The molecular formula is C13H18ClNO. The van der Waals surface area contributed by atoms with Crippen LogP contribution in [0.2, 0.25) is 5.02 Å². The molecule has 3 heteroatoms. The highest BCUT2D eigenvalue weighted by Crippen LogP contribution is 2.19. The van der Waals surface area contributed by atoms with Crippen molar-refractivity contribution >= 4 is 11.6 Å². The molecule has 1 aromatic carbocycles. The Morgan fingerprint density at radius 1 is 1.38 bits per heavy atom. The van der Waals surface area contributed by atoms with Crippen molar-refractivity contribution in [1.29, 1.82) is 0 Å². The van der Waals surface area contributed by atoms with Crippen LogP contribution in [0.25, 0.3) is 0 Å². The van der Waals surface area contributed by atoms with E-state index in [-0.39, 0.29) is 6.10 Å². The van der Waals surface area contributed by atoms with Crippen molar-refractivity contribution in [3.8, 4) is 0 Å². The molecule has 0 saturated carbocycles. The Hall–Kier alpha value is -0.570. The third-order valence-corrected chi connectivity index (χ3v) is 3.49. The van der Waals surface area contributed by atoms with Crippen LogP contribution in [0.5, 0.6) is 0 Å². The first-order valence-electron chi connectivity index (χ1n) is 5.89. The maximum absolute atomic E-state index is 10.1. The summed E-state index contributed by atoms with van der Waals surface area (Å²) in [5.74, 6) is 0.393. The monoisotopic (exact) mass is 239 g/mol. The Balaban J connectivity index is 1.90. The van der Waals surface area contributed by atoms with Crippen molar-refractivity contribution < 1.29 is 5.11 Å². The van der Waals surface area contributed by atoms with E-state index < -0.39 is 0 Å². The molecule has 1 aliphatic heterocycles. The SMILES string of the molecule is OC(Cc1ccc(Cl)cc1)C1CCCNC1. The maximum atomic E-state index is 10.1. The highest BCUT2D eigenvalue weighted by molar-refractivity contribution is 6.30. The lowest BCUT2D eigenvalue weighted by Gasteiger charge is -2.27. The maximum Gasteiger partial charge on any atom is 0.0620 e. The minimum Gasteiger partial charge on any atom is -0.392 e. The summed E-state index contributed by atoms with van der Waals surface area (Å²) in [5.41, 5.74) is 1.16. The van der Waals surface area contributed by atoms with E-state index in [0.29, 0.717) is 5.92 Å². The highest BCUT2D eigenvalue weighted by atomic mass is 35.5. The first-order chi connectivity index (χ1) is 7.75. The summed E-state index contributed by atoms with van der Waals surface area (Å²) in [6.07, 6.45) is 2.78. The molecule has 88 valence electrons. The van der Waals surface area contributed by atoms with Gasteiger partial charge < -0.3 is 10.4 Å². The van der Waals surface area contributed by atoms with Crippen LogP contribution in [0.15, 0.2) is 24.3 Å². The van der Waals surface area contributed by atoms with Crippen molar-refractivity contribution in [1.82, 2.24) is 5.32 Å². The lowest BCUT2D eigenvalue weighted by Crippen LogP contribution is -2.37. The van der Waals surface area contributed by atoms with Gasteiger partial charge in [0.25, 0.3) is 0 Å². The summed E-state index contributed by atoms with van der Waals surface area (Å²) >= 11 is 5.82. The fourth-order valence-corrected chi connectivity index (χ4v) is 2.36. The number of aliphatic hydroxyl groups is 1. The van der Waals surface area contributed by atoms with E-state index >= 15 is 0 Å². The van der Waals surface area contributed by atoms with Gasteiger partial charge in [-0.25, -0.2) is 0 Å². The number of hydrogen-bond acceptors (Lipinski definition) is 2. The van der Waals surface area contributed by atoms with Crippen LogP contribution in [0.1, 0.15) is 18.4 Å². The molecule has 2 nitrogen and oxygen atoms in total. The molecular weight excluding hydrogens is 222 g/mol. The molecule has 1 aliphatic rings. The number of piperidine rings is 1. The molecule has 16 heavy (non-hydrogen) atoms. The quantitative estimate of drug-likeness (QED) is 0.848. The fourth-order valence-electron chi connectivity index (χ4n) is 2.24. The van der Waals surface area contributed by atoms with E-state index in [4.69, 9.17) is 11.6 Å². The summed E-state index contributed by atoms with van der Waals surface area (Å²) in [6, 6.07) is 7.73. The van der Waals surface area contributed by atoms with Crippen molar-refractivity contribution in [3.05, 3.63) is 34.9 Å². The van der Waals surface area contributed by atoms with Gasteiger partial charge in [0, 0.05) is 11.6 Å². The van der Waals surface area contributed by atoms with Gasteiger partial charge in [-0.3, -0.25) is 0 Å². The van der Waals surface area contributed by atoms with E-state index in [1.807, 2.05) is 24.3 Å². The van der Waals surface area contributed by atoms with Gasteiger partial charge in [-0.1, -0.05) is 23.7 Å². The van der Waals surface area contributed by atoms with Crippen LogP contribution in [0, 0.1) is 5.92 Å². The molecule has 0 spiro atoms. The van der Waals surface area contributed by atoms with Crippen LogP contribution in [0.3, 0.4) is 0 Å². The molecule has 1 fully saturated rings. The molecule has 2 unspecified atom stereocenters. The molecule has 0 bridgehead atoms. The summed E-state index contributed by atoms with van der Waals surface area (Å²) < 4.78 is 0. The standard InChI is InChI=1S/C13H18ClNO/c14-12-5-3-10(4-6-12)8-13(16)11-2-1-7-15-9-11/h3-6,11,13,15-16H,1-2,7-9H2. The Labute approximate surface area is 102 Å². The van der Waals surface area contributed by atoms with Crippen molar-refractivity contribution in [2.45, 2.75) is 25.4 Å². The molecule has 0 aliphatic carbocycles. The normalized spacial score (nSPS) is 23.0. The van der Waals surface area contributed by atoms with Crippen molar-refractivity contribution in [3.63, 3.8) is 0 Å². The average Bonchev–Trinajstić information content (AvgIpc) is 2.33. The predicted molar refractivity (Wildman–Crippen MR) is 66.8 cm³/mol. The van der Waals surface area contributed by atoms with Gasteiger partial charge in [0.2, 0.25) is 0 Å². The number of rotatable bonds is 3. The Morgan fingerprint density at radius 2 is 2.12 bits per heavy atom. The van der Waals surface area contributed by atoms with E-state index in [0.717, 1.165) is 36.5 Å². The van der Waals surface area contributed by atoms with Gasteiger partial charge in [-0.2, -0.15) is 0 Å². The number of halogens is 1. The fraction of sp³-hybridized carbons (Fsp3) is 0.538. The minimum absolute atomic E-state index is 0.242. The zero-order chi connectivity index (χ0) is 11.4. The molecule has 2 rings (SSSR count). The summed E-state index contributed by atoms with van der Waals surface area (Å²) in [6.45, 7) is 2.03. The summed E-state index contributed by atoms with van der Waals surface area (Å²) in [7, 11) is 0. The van der Waals surface area contributed by atoms with E-state index in [1.165, 1.54) is 6.42 Å². The zero-order valence-corrected chi connectivity index (χ0v) is 10.1. The van der Waals surface area contributed by atoms with Crippen LogP contribution >= 0.6 is 11.6 Å². The second-order valence-electron chi connectivity index (χ2n) is 4.50. The van der Waals surface area contributed by atoms with Gasteiger partial charge in [-0.05, 0) is 49.4 Å². The van der Waals surface area contributed by atoms with Gasteiger partial charge in [0.05, 0.1) is 6.10 Å². The molecule has 2 atom stereocenters. The predicted octanol–water partition coefficient (Wildman–Crippen LogP) is 2.24. The Morgan fingerprint density at radius 3 is 2.75 bits per heavy atom. The second kappa shape index (κ2) is 5.67. The smallest absolute Gasteiger partial charge is 0.0620 e.